The third-order valence-electron chi connectivity index (χ3n) is 4.00. The Morgan fingerprint density at radius 3 is 1.36 bits per heavy atom. The lowest BCUT2D eigenvalue weighted by molar-refractivity contribution is -0.0655. The average Bonchev–Trinajstić information content (AvgIpc) is 2.04. The molecule has 0 aromatic heterocycles. The quantitative estimate of drug-likeness (QED) is 0.666. The van der Waals surface area contributed by atoms with E-state index in [1.165, 1.54) is 25.9 Å². The molecule has 1 aliphatic carbocycles. The Morgan fingerprint density at radius 1 is 0.786 bits per heavy atom. The lowest BCUT2D eigenvalue weighted by atomic mass is 9.80. The Hall–Kier alpha value is -0.0800. The van der Waals surface area contributed by atoms with Crippen molar-refractivity contribution >= 4 is 0 Å². The smallest absolute Gasteiger partial charge is 0.0255 e. The first-order valence-electron chi connectivity index (χ1n) is 6.12. The van der Waals surface area contributed by atoms with E-state index in [4.69, 9.17) is 0 Å². The van der Waals surface area contributed by atoms with E-state index in [1.807, 2.05) is 0 Å². The first kappa shape index (κ1) is 10.4. The van der Waals surface area contributed by atoms with Crippen LogP contribution in [0.2, 0.25) is 0 Å². The zero-order chi connectivity index (χ0) is 10.3. The van der Waals surface area contributed by atoms with Gasteiger partial charge in [0.15, 0.2) is 0 Å². The van der Waals surface area contributed by atoms with Crippen LogP contribution in [0.25, 0.3) is 0 Å². The summed E-state index contributed by atoms with van der Waals surface area (Å²) in [7, 11) is 0. The summed E-state index contributed by atoms with van der Waals surface area (Å²) >= 11 is 0. The van der Waals surface area contributed by atoms with Crippen molar-refractivity contribution in [2.45, 2.75) is 64.7 Å². The first-order chi connectivity index (χ1) is 6.61. The molecule has 0 aromatic rings. The van der Waals surface area contributed by atoms with Gasteiger partial charge in [-0.3, -0.25) is 9.80 Å². The van der Waals surface area contributed by atoms with Gasteiger partial charge in [0.05, 0.1) is 0 Å². The van der Waals surface area contributed by atoms with E-state index >= 15 is 0 Å². The highest BCUT2D eigenvalue weighted by molar-refractivity contribution is 5.01. The molecule has 1 saturated carbocycles. The maximum Gasteiger partial charge on any atom is 0.0255 e. The number of nitrogens with zero attached hydrogens (tertiary/aromatic N) is 2. The van der Waals surface area contributed by atoms with Crippen LogP contribution in [-0.2, 0) is 0 Å². The lowest BCUT2D eigenvalue weighted by Crippen LogP contribution is -2.67. The van der Waals surface area contributed by atoms with Crippen LogP contribution < -0.4 is 0 Å². The fourth-order valence-corrected chi connectivity index (χ4v) is 3.08. The van der Waals surface area contributed by atoms with Gasteiger partial charge < -0.3 is 0 Å². The van der Waals surface area contributed by atoms with Crippen molar-refractivity contribution in [3.8, 4) is 0 Å². The topological polar surface area (TPSA) is 6.48 Å². The van der Waals surface area contributed by atoms with Crippen molar-refractivity contribution in [1.82, 2.24) is 9.80 Å². The predicted molar refractivity (Wildman–Crippen MR) is 60.5 cm³/mol. The van der Waals surface area contributed by atoms with Crippen molar-refractivity contribution in [1.29, 1.82) is 0 Å². The van der Waals surface area contributed by atoms with Gasteiger partial charge in [-0.1, -0.05) is 0 Å². The Bertz CT molecular complexity index is 178. The van der Waals surface area contributed by atoms with E-state index < -0.39 is 0 Å². The van der Waals surface area contributed by atoms with Crippen molar-refractivity contribution in [2.75, 3.05) is 13.1 Å². The molecule has 1 saturated heterocycles. The molecule has 0 spiro atoms. The predicted octanol–water partition coefficient (Wildman–Crippen LogP) is 1.95. The molecule has 2 aliphatic rings. The van der Waals surface area contributed by atoms with Crippen LogP contribution in [0.4, 0.5) is 0 Å². The number of fused-ring (bicyclic) bond motifs is 1. The Kier molecular flexibility index (Phi) is 2.85. The molecular weight excluding hydrogens is 172 g/mol. The fraction of sp³-hybridized carbons (Fsp3) is 1.00. The van der Waals surface area contributed by atoms with Crippen LogP contribution in [0.3, 0.4) is 0 Å². The van der Waals surface area contributed by atoms with E-state index in [0.29, 0.717) is 0 Å². The molecule has 1 aliphatic heterocycles. The van der Waals surface area contributed by atoms with Gasteiger partial charge >= 0.3 is 0 Å². The van der Waals surface area contributed by atoms with E-state index in [2.05, 4.69) is 37.5 Å². The second-order valence-corrected chi connectivity index (χ2v) is 5.38. The molecule has 0 radical (unpaired) electrons. The molecule has 14 heavy (non-hydrogen) atoms. The molecule has 2 fully saturated rings. The van der Waals surface area contributed by atoms with Crippen LogP contribution in [-0.4, -0.2) is 47.1 Å². The summed E-state index contributed by atoms with van der Waals surface area (Å²) in [6, 6.07) is 3.20. The molecule has 1 heterocycles. The third-order valence-corrected chi connectivity index (χ3v) is 4.00. The van der Waals surface area contributed by atoms with Crippen molar-refractivity contribution in [3.63, 3.8) is 0 Å². The Balaban J connectivity index is 2.01. The fourth-order valence-electron chi connectivity index (χ4n) is 3.08. The van der Waals surface area contributed by atoms with E-state index in [9.17, 15) is 0 Å². The summed E-state index contributed by atoms with van der Waals surface area (Å²) in [5.74, 6) is 0. The van der Waals surface area contributed by atoms with Gasteiger partial charge in [-0.25, -0.2) is 0 Å². The van der Waals surface area contributed by atoms with Gasteiger partial charge in [-0.15, -0.1) is 0 Å². The minimum Gasteiger partial charge on any atom is -0.295 e. The number of rotatable bonds is 2. The summed E-state index contributed by atoms with van der Waals surface area (Å²) in [5, 5.41) is 0. The highest BCUT2D eigenvalue weighted by atomic mass is 15.3. The van der Waals surface area contributed by atoms with Gasteiger partial charge in [0.2, 0.25) is 0 Å². The van der Waals surface area contributed by atoms with Gasteiger partial charge in [0.1, 0.15) is 0 Å². The molecular formula is C12H24N2. The highest BCUT2D eigenvalue weighted by Crippen LogP contribution is 2.35. The largest absolute Gasteiger partial charge is 0.295 e. The summed E-state index contributed by atoms with van der Waals surface area (Å²) < 4.78 is 0. The van der Waals surface area contributed by atoms with Gasteiger partial charge in [-0.05, 0) is 40.5 Å². The molecule has 0 aromatic carbocycles. The third kappa shape index (κ3) is 1.59. The minimum absolute atomic E-state index is 0.733. The average molecular weight is 196 g/mol. The van der Waals surface area contributed by atoms with Gasteiger partial charge in [-0.2, -0.15) is 0 Å². The first-order valence-corrected chi connectivity index (χ1v) is 6.12. The lowest BCUT2D eigenvalue weighted by Gasteiger charge is -2.56. The summed E-state index contributed by atoms with van der Waals surface area (Å²) in [6.07, 6.45) is 2.85. The molecule has 0 amide bonds. The highest BCUT2D eigenvalue weighted by Gasteiger charge is 2.43. The van der Waals surface area contributed by atoms with Crippen LogP contribution in [0.5, 0.6) is 0 Å². The van der Waals surface area contributed by atoms with Crippen LogP contribution >= 0.6 is 0 Å². The van der Waals surface area contributed by atoms with Crippen molar-refractivity contribution in [3.05, 3.63) is 0 Å². The molecule has 0 unspecified atom stereocenters. The Morgan fingerprint density at radius 2 is 1.14 bits per heavy atom. The monoisotopic (exact) mass is 196 g/mol. The molecule has 0 N–H and O–H groups in total. The normalized spacial score (nSPS) is 34.7. The molecule has 0 bridgehead atoms. The van der Waals surface area contributed by atoms with Gasteiger partial charge in [0.25, 0.3) is 0 Å². The molecule has 82 valence electrons. The molecule has 2 nitrogen and oxygen atoms in total. The maximum absolute atomic E-state index is 2.70. The van der Waals surface area contributed by atoms with Crippen LogP contribution in [0.15, 0.2) is 0 Å². The maximum atomic E-state index is 2.70. The summed E-state index contributed by atoms with van der Waals surface area (Å²) in [6.45, 7) is 11.9. The standard InChI is InChI=1S/C12H24N2/c1-9(2)13-7-8-14(10(3)4)12-6-5-11(12)13/h9-12H,5-8H2,1-4H3/t11-,12-/m1/s1. The summed E-state index contributed by atoms with van der Waals surface area (Å²) in [5.41, 5.74) is 0. The number of piperazine rings is 1. The van der Waals surface area contributed by atoms with Crippen molar-refractivity contribution in [2.24, 2.45) is 0 Å². The van der Waals surface area contributed by atoms with E-state index in [0.717, 1.165) is 24.2 Å². The summed E-state index contributed by atoms with van der Waals surface area (Å²) in [4.78, 5) is 5.40. The second-order valence-electron chi connectivity index (χ2n) is 5.38. The number of hydrogen-bond acceptors (Lipinski definition) is 2. The molecule has 2 rings (SSSR count). The van der Waals surface area contributed by atoms with Crippen LogP contribution in [0.1, 0.15) is 40.5 Å². The van der Waals surface area contributed by atoms with Crippen molar-refractivity contribution < 1.29 is 0 Å². The van der Waals surface area contributed by atoms with E-state index in [-0.39, 0.29) is 0 Å². The number of hydrogen-bond donors (Lipinski definition) is 0. The minimum atomic E-state index is 0.733. The van der Waals surface area contributed by atoms with Gasteiger partial charge in [0, 0.05) is 37.3 Å². The van der Waals surface area contributed by atoms with E-state index in [1.54, 1.807) is 0 Å². The second kappa shape index (κ2) is 3.82. The molecule has 2 atom stereocenters. The zero-order valence-electron chi connectivity index (χ0n) is 10.0. The Labute approximate surface area is 88.3 Å². The SMILES string of the molecule is CC(C)N1CCN(C(C)C)[C@@H]2CC[C@H]21. The van der Waals surface area contributed by atoms with Crippen LogP contribution in [0, 0.1) is 0 Å². The zero-order valence-corrected chi connectivity index (χ0v) is 10.0. The molecule has 2 heteroatoms.